The molecule has 3 rings (SSSR count). The molecule has 6 heteroatoms. The van der Waals surface area contributed by atoms with Crippen molar-refractivity contribution in [3.8, 4) is 0 Å². The van der Waals surface area contributed by atoms with Crippen LogP contribution in [0.3, 0.4) is 0 Å². The SMILES string of the molecule is Nc1cccc(NS(=O)(=O)c2cccc3cnccc23)c1. The number of benzene rings is 2. The summed E-state index contributed by atoms with van der Waals surface area (Å²) in [6.45, 7) is 0. The molecule has 2 aromatic carbocycles. The molecule has 0 saturated heterocycles. The number of aromatic nitrogens is 1. The van der Waals surface area contributed by atoms with Crippen molar-refractivity contribution in [1.82, 2.24) is 4.98 Å². The molecule has 3 aromatic rings. The van der Waals surface area contributed by atoms with E-state index in [1.54, 1.807) is 54.9 Å². The molecule has 5 nitrogen and oxygen atoms in total. The van der Waals surface area contributed by atoms with E-state index in [9.17, 15) is 8.42 Å². The molecular formula is C15H13N3O2S. The minimum Gasteiger partial charge on any atom is -0.399 e. The monoisotopic (exact) mass is 299 g/mol. The van der Waals surface area contributed by atoms with Gasteiger partial charge in [-0.2, -0.15) is 0 Å². The highest BCUT2D eigenvalue weighted by Crippen LogP contribution is 2.24. The summed E-state index contributed by atoms with van der Waals surface area (Å²) in [5.74, 6) is 0. The van der Waals surface area contributed by atoms with Crippen LogP contribution in [0.5, 0.6) is 0 Å². The Morgan fingerprint density at radius 3 is 2.67 bits per heavy atom. The molecular weight excluding hydrogens is 286 g/mol. The fourth-order valence-corrected chi connectivity index (χ4v) is 3.42. The van der Waals surface area contributed by atoms with E-state index in [0.717, 1.165) is 5.39 Å². The number of fused-ring (bicyclic) bond motifs is 1. The first-order chi connectivity index (χ1) is 10.1. The van der Waals surface area contributed by atoms with Gasteiger partial charge in [0.05, 0.1) is 10.6 Å². The first-order valence-electron chi connectivity index (χ1n) is 6.27. The van der Waals surface area contributed by atoms with Gasteiger partial charge in [-0.15, -0.1) is 0 Å². The Kier molecular flexibility index (Phi) is 3.23. The van der Waals surface area contributed by atoms with E-state index in [1.165, 1.54) is 0 Å². The van der Waals surface area contributed by atoms with Gasteiger partial charge < -0.3 is 5.73 Å². The summed E-state index contributed by atoms with van der Waals surface area (Å²) in [5, 5.41) is 1.40. The van der Waals surface area contributed by atoms with Crippen LogP contribution in [0.4, 0.5) is 11.4 Å². The summed E-state index contributed by atoms with van der Waals surface area (Å²) in [6, 6.07) is 13.4. The summed E-state index contributed by atoms with van der Waals surface area (Å²) < 4.78 is 27.6. The van der Waals surface area contributed by atoms with Crippen LogP contribution < -0.4 is 10.5 Å². The fourth-order valence-electron chi connectivity index (χ4n) is 2.14. The number of nitrogen functional groups attached to an aromatic ring is 1. The number of nitrogens with one attached hydrogen (secondary N) is 1. The molecule has 0 aliphatic rings. The zero-order chi connectivity index (χ0) is 14.9. The first kappa shape index (κ1) is 13.4. The van der Waals surface area contributed by atoms with Gasteiger partial charge in [-0.25, -0.2) is 8.42 Å². The lowest BCUT2D eigenvalue weighted by molar-refractivity contribution is 0.602. The van der Waals surface area contributed by atoms with E-state index < -0.39 is 10.0 Å². The van der Waals surface area contributed by atoms with Crippen molar-refractivity contribution in [1.29, 1.82) is 0 Å². The predicted octanol–water partition coefficient (Wildman–Crippen LogP) is 2.62. The number of hydrogen-bond donors (Lipinski definition) is 2. The molecule has 0 fully saturated rings. The average Bonchev–Trinajstić information content (AvgIpc) is 2.46. The first-order valence-corrected chi connectivity index (χ1v) is 7.76. The second kappa shape index (κ2) is 5.06. The second-order valence-corrected chi connectivity index (χ2v) is 6.23. The van der Waals surface area contributed by atoms with E-state index in [2.05, 4.69) is 9.71 Å². The van der Waals surface area contributed by atoms with Gasteiger partial charge in [0.2, 0.25) is 0 Å². The molecule has 0 atom stereocenters. The van der Waals surface area contributed by atoms with E-state index in [4.69, 9.17) is 5.73 Å². The third-order valence-corrected chi connectivity index (χ3v) is 4.51. The largest absolute Gasteiger partial charge is 0.399 e. The molecule has 0 amide bonds. The molecule has 3 N–H and O–H groups in total. The third-order valence-electron chi connectivity index (χ3n) is 3.07. The zero-order valence-electron chi connectivity index (χ0n) is 11.0. The van der Waals surface area contributed by atoms with Crippen molar-refractivity contribution in [2.45, 2.75) is 4.90 Å². The number of nitrogens with two attached hydrogens (primary N) is 1. The van der Waals surface area contributed by atoms with Crippen LogP contribution in [0.2, 0.25) is 0 Å². The lowest BCUT2D eigenvalue weighted by Crippen LogP contribution is -2.13. The molecule has 0 radical (unpaired) electrons. The normalized spacial score (nSPS) is 11.4. The molecule has 0 saturated carbocycles. The molecule has 1 aromatic heterocycles. The van der Waals surface area contributed by atoms with Gasteiger partial charge in [0, 0.05) is 28.9 Å². The summed E-state index contributed by atoms with van der Waals surface area (Å²) in [4.78, 5) is 4.21. The Labute approximate surface area is 122 Å². The van der Waals surface area contributed by atoms with Crippen molar-refractivity contribution in [3.63, 3.8) is 0 Å². The molecule has 21 heavy (non-hydrogen) atoms. The van der Waals surface area contributed by atoms with Crippen LogP contribution in [-0.4, -0.2) is 13.4 Å². The van der Waals surface area contributed by atoms with Crippen LogP contribution in [0.25, 0.3) is 10.8 Å². The molecule has 0 bridgehead atoms. The maximum absolute atomic E-state index is 12.6. The fraction of sp³-hybridized carbons (Fsp3) is 0. The Balaban J connectivity index is 2.09. The van der Waals surface area contributed by atoms with E-state index >= 15 is 0 Å². The van der Waals surface area contributed by atoms with Crippen LogP contribution >= 0.6 is 0 Å². The number of nitrogens with zero attached hydrogens (tertiary/aromatic N) is 1. The van der Waals surface area contributed by atoms with Crippen molar-refractivity contribution >= 4 is 32.2 Å². The molecule has 106 valence electrons. The maximum Gasteiger partial charge on any atom is 0.262 e. The minimum absolute atomic E-state index is 0.213. The van der Waals surface area contributed by atoms with Gasteiger partial charge in [0.1, 0.15) is 0 Å². The number of rotatable bonds is 3. The van der Waals surface area contributed by atoms with Gasteiger partial charge in [-0.05, 0) is 30.3 Å². The predicted molar refractivity (Wildman–Crippen MR) is 83.4 cm³/mol. The van der Waals surface area contributed by atoms with Crippen LogP contribution in [-0.2, 0) is 10.0 Å². The Morgan fingerprint density at radius 1 is 1.05 bits per heavy atom. The van der Waals surface area contributed by atoms with Crippen molar-refractivity contribution in [3.05, 3.63) is 60.9 Å². The minimum atomic E-state index is -3.69. The summed E-state index contributed by atoms with van der Waals surface area (Å²) in [6.07, 6.45) is 3.21. The van der Waals surface area contributed by atoms with Gasteiger partial charge in [0.15, 0.2) is 0 Å². The number of hydrogen-bond acceptors (Lipinski definition) is 4. The highest BCUT2D eigenvalue weighted by molar-refractivity contribution is 7.93. The third kappa shape index (κ3) is 2.66. The average molecular weight is 299 g/mol. The van der Waals surface area contributed by atoms with Gasteiger partial charge in [-0.1, -0.05) is 18.2 Å². The molecule has 1 heterocycles. The number of pyridine rings is 1. The lowest BCUT2D eigenvalue weighted by atomic mass is 10.2. The van der Waals surface area contributed by atoms with E-state index in [-0.39, 0.29) is 4.90 Å². The van der Waals surface area contributed by atoms with Crippen molar-refractivity contribution in [2.24, 2.45) is 0 Å². The van der Waals surface area contributed by atoms with E-state index in [1.807, 2.05) is 6.07 Å². The Bertz CT molecular complexity index is 902. The quantitative estimate of drug-likeness (QED) is 0.728. The van der Waals surface area contributed by atoms with Gasteiger partial charge in [0.25, 0.3) is 10.0 Å². The Hall–Kier alpha value is -2.60. The summed E-state index contributed by atoms with van der Waals surface area (Å²) >= 11 is 0. The van der Waals surface area contributed by atoms with Gasteiger partial charge in [-0.3, -0.25) is 9.71 Å². The smallest absolute Gasteiger partial charge is 0.262 e. The highest BCUT2D eigenvalue weighted by atomic mass is 32.2. The van der Waals surface area contributed by atoms with Crippen molar-refractivity contribution in [2.75, 3.05) is 10.5 Å². The number of sulfonamides is 1. The van der Waals surface area contributed by atoms with E-state index in [0.29, 0.717) is 16.8 Å². The standard InChI is InChI=1S/C15H13N3O2S/c16-12-4-2-5-13(9-12)18-21(19,20)15-6-1-3-11-10-17-8-7-14(11)15/h1-10,18H,16H2. The second-order valence-electron chi connectivity index (χ2n) is 4.58. The molecule has 0 spiro atoms. The van der Waals surface area contributed by atoms with Crippen LogP contribution in [0.1, 0.15) is 0 Å². The highest BCUT2D eigenvalue weighted by Gasteiger charge is 2.17. The van der Waals surface area contributed by atoms with Crippen LogP contribution in [0.15, 0.2) is 65.8 Å². The molecule has 0 unspecified atom stereocenters. The number of anilines is 2. The Morgan fingerprint density at radius 2 is 1.86 bits per heavy atom. The van der Waals surface area contributed by atoms with Gasteiger partial charge >= 0.3 is 0 Å². The maximum atomic E-state index is 12.6. The molecule has 0 aliphatic carbocycles. The lowest BCUT2D eigenvalue weighted by Gasteiger charge is -2.10. The zero-order valence-corrected chi connectivity index (χ0v) is 11.8. The topological polar surface area (TPSA) is 85.1 Å². The summed E-state index contributed by atoms with van der Waals surface area (Å²) in [5.41, 5.74) is 6.59. The van der Waals surface area contributed by atoms with Crippen molar-refractivity contribution < 1.29 is 8.42 Å². The molecule has 0 aliphatic heterocycles. The summed E-state index contributed by atoms with van der Waals surface area (Å²) in [7, 11) is -3.69. The van der Waals surface area contributed by atoms with Crippen LogP contribution in [0, 0.1) is 0 Å².